The van der Waals surface area contributed by atoms with Crippen LogP contribution in [0.25, 0.3) is 5.65 Å². The Kier molecular flexibility index (Phi) is 2.98. The maximum atomic E-state index is 13.6. The van der Waals surface area contributed by atoms with Crippen molar-refractivity contribution in [3.8, 4) is 0 Å². The molecule has 0 saturated heterocycles. The number of imidazole rings is 1. The number of anilines is 3. The summed E-state index contributed by atoms with van der Waals surface area (Å²) in [6, 6.07) is 4.98. The molecule has 102 valence electrons. The summed E-state index contributed by atoms with van der Waals surface area (Å²) in [5.41, 5.74) is 1.93. The van der Waals surface area contributed by atoms with Gasteiger partial charge in [0, 0.05) is 25.1 Å². The van der Waals surface area contributed by atoms with Crippen LogP contribution in [-0.2, 0) is 0 Å². The number of aryl methyl sites for hydroxylation is 1. The van der Waals surface area contributed by atoms with Gasteiger partial charge in [0.25, 0.3) is 0 Å². The third-order valence-corrected chi connectivity index (χ3v) is 3.06. The minimum absolute atomic E-state index is 0.251. The standard InChI is InChI=1S/C14H14FN5/c1-9-3-4-10(7-11(9)15)18-13-14-17-5-6-20(14)8-12(16-2)19-13/h3-8,16H,1-2H3,(H,18,19). The molecule has 2 N–H and O–H groups in total. The lowest BCUT2D eigenvalue weighted by Gasteiger charge is -2.10. The highest BCUT2D eigenvalue weighted by molar-refractivity contribution is 5.71. The van der Waals surface area contributed by atoms with Crippen molar-refractivity contribution in [3.05, 3.63) is 48.2 Å². The van der Waals surface area contributed by atoms with Crippen molar-refractivity contribution in [2.24, 2.45) is 0 Å². The molecule has 0 aliphatic rings. The van der Waals surface area contributed by atoms with Gasteiger partial charge in [-0.05, 0) is 24.6 Å². The molecule has 6 heteroatoms. The fourth-order valence-corrected chi connectivity index (χ4v) is 1.94. The summed E-state index contributed by atoms with van der Waals surface area (Å²) in [4.78, 5) is 8.66. The quantitative estimate of drug-likeness (QED) is 0.769. The third-order valence-electron chi connectivity index (χ3n) is 3.06. The van der Waals surface area contributed by atoms with Gasteiger partial charge in [-0.2, -0.15) is 0 Å². The molecule has 0 radical (unpaired) electrons. The maximum Gasteiger partial charge on any atom is 0.180 e. The van der Waals surface area contributed by atoms with E-state index in [1.54, 1.807) is 26.2 Å². The van der Waals surface area contributed by atoms with E-state index in [0.29, 0.717) is 28.5 Å². The topological polar surface area (TPSA) is 54.2 Å². The fraction of sp³-hybridized carbons (Fsp3) is 0.143. The first-order valence-corrected chi connectivity index (χ1v) is 6.22. The highest BCUT2D eigenvalue weighted by atomic mass is 19.1. The monoisotopic (exact) mass is 271 g/mol. The molecule has 0 unspecified atom stereocenters. The van der Waals surface area contributed by atoms with E-state index in [1.165, 1.54) is 6.07 Å². The van der Waals surface area contributed by atoms with Gasteiger partial charge in [0.2, 0.25) is 0 Å². The summed E-state index contributed by atoms with van der Waals surface area (Å²) in [7, 11) is 1.79. The predicted molar refractivity (Wildman–Crippen MR) is 77.0 cm³/mol. The number of hydrogen-bond donors (Lipinski definition) is 2. The van der Waals surface area contributed by atoms with Gasteiger partial charge in [-0.1, -0.05) is 6.07 Å². The van der Waals surface area contributed by atoms with Crippen LogP contribution in [-0.4, -0.2) is 21.4 Å². The van der Waals surface area contributed by atoms with E-state index in [4.69, 9.17) is 0 Å². The first-order chi connectivity index (χ1) is 9.67. The lowest BCUT2D eigenvalue weighted by molar-refractivity contribution is 0.619. The smallest absolute Gasteiger partial charge is 0.180 e. The first-order valence-electron chi connectivity index (χ1n) is 6.22. The Morgan fingerprint density at radius 3 is 2.90 bits per heavy atom. The Bertz CT molecular complexity index is 765. The van der Waals surface area contributed by atoms with Gasteiger partial charge < -0.3 is 15.0 Å². The van der Waals surface area contributed by atoms with Crippen molar-refractivity contribution < 1.29 is 4.39 Å². The molecule has 0 amide bonds. The summed E-state index contributed by atoms with van der Waals surface area (Å²) in [5.74, 6) is 1.02. The first kappa shape index (κ1) is 12.4. The summed E-state index contributed by atoms with van der Waals surface area (Å²) in [6.45, 7) is 1.73. The van der Waals surface area contributed by atoms with E-state index in [9.17, 15) is 4.39 Å². The summed E-state index contributed by atoms with van der Waals surface area (Å²) >= 11 is 0. The largest absolute Gasteiger partial charge is 0.372 e. The number of nitrogens with one attached hydrogen (secondary N) is 2. The molecule has 3 rings (SSSR count). The molecule has 3 aromatic rings. The Morgan fingerprint density at radius 1 is 1.30 bits per heavy atom. The molecule has 0 spiro atoms. The second-order valence-electron chi connectivity index (χ2n) is 4.47. The van der Waals surface area contributed by atoms with Gasteiger partial charge in [0.15, 0.2) is 11.5 Å². The lowest BCUT2D eigenvalue weighted by atomic mass is 10.2. The molecule has 0 aliphatic heterocycles. The zero-order valence-corrected chi connectivity index (χ0v) is 11.2. The van der Waals surface area contributed by atoms with Crippen molar-refractivity contribution in [2.45, 2.75) is 6.92 Å². The number of nitrogens with zero attached hydrogens (tertiary/aromatic N) is 3. The number of benzene rings is 1. The molecule has 2 aromatic heterocycles. The van der Waals surface area contributed by atoms with Crippen LogP contribution in [0.3, 0.4) is 0 Å². The van der Waals surface area contributed by atoms with E-state index < -0.39 is 0 Å². The molecule has 0 atom stereocenters. The molecule has 2 heterocycles. The molecule has 0 saturated carbocycles. The molecule has 0 fully saturated rings. The van der Waals surface area contributed by atoms with Gasteiger partial charge in [-0.25, -0.2) is 14.4 Å². The SMILES string of the molecule is CNc1cn2ccnc2c(Nc2ccc(C)c(F)c2)n1. The van der Waals surface area contributed by atoms with E-state index in [1.807, 2.05) is 22.9 Å². The van der Waals surface area contributed by atoms with Crippen molar-refractivity contribution in [3.63, 3.8) is 0 Å². The average Bonchev–Trinajstić information content (AvgIpc) is 2.91. The average molecular weight is 271 g/mol. The van der Waals surface area contributed by atoms with Crippen LogP contribution in [0.2, 0.25) is 0 Å². The maximum absolute atomic E-state index is 13.6. The van der Waals surface area contributed by atoms with Crippen LogP contribution in [0.5, 0.6) is 0 Å². The van der Waals surface area contributed by atoms with Crippen LogP contribution in [0, 0.1) is 12.7 Å². The summed E-state index contributed by atoms with van der Waals surface area (Å²) in [5, 5.41) is 6.08. The van der Waals surface area contributed by atoms with Crippen molar-refractivity contribution in [1.82, 2.24) is 14.4 Å². The zero-order valence-electron chi connectivity index (χ0n) is 11.2. The third kappa shape index (κ3) is 2.16. The van der Waals surface area contributed by atoms with E-state index >= 15 is 0 Å². The molecule has 0 bridgehead atoms. The molecular weight excluding hydrogens is 257 g/mol. The van der Waals surface area contributed by atoms with Crippen molar-refractivity contribution >= 4 is 23.0 Å². The second kappa shape index (κ2) is 4.80. The highest BCUT2D eigenvalue weighted by Crippen LogP contribution is 2.22. The van der Waals surface area contributed by atoms with Crippen LogP contribution >= 0.6 is 0 Å². The number of hydrogen-bond acceptors (Lipinski definition) is 4. The Balaban J connectivity index is 2.04. The minimum atomic E-state index is -0.251. The molecule has 5 nitrogen and oxygen atoms in total. The van der Waals surface area contributed by atoms with E-state index in [0.717, 1.165) is 0 Å². The Morgan fingerprint density at radius 2 is 2.15 bits per heavy atom. The van der Waals surface area contributed by atoms with E-state index in [-0.39, 0.29) is 5.82 Å². The Labute approximate surface area is 115 Å². The molecule has 20 heavy (non-hydrogen) atoms. The van der Waals surface area contributed by atoms with Crippen LogP contribution < -0.4 is 10.6 Å². The fourth-order valence-electron chi connectivity index (χ4n) is 1.94. The highest BCUT2D eigenvalue weighted by Gasteiger charge is 2.08. The number of aromatic nitrogens is 3. The minimum Gasteiger partial charge on any atom is -0.372 e. The predicted octanol–water partition coefficient (Wildman–Crippen LogP) is 2.96. The second-order valence-corrected chi connectivity index (χ2v) is 4.47. The normalized spacial score (nSPS) is 10.8. The van der Waals surface area contributed by atoms with Crippen LogP contribution in [0.4, 0.5) is 21.7 Å². The Hall–Kier alpha value is -2.63. The van der Waals surface area contributed by atoms with E-state index in [2.05, 4.69) is 20.6 Å². The number of halogens is 1. The van der Waals surface area contributed by atoms with Crippen molar-refractivity contribution in [1.29, 1.82) is 0 Å². The van der Waals surface area contributed by atoms with Gasteiger partial charge in [-0.15, -0.1) is 0 Å². The van der Waals surface area contributed by atoms with Crippen LogP contribution in [0.1, 0.15) is 5.56 Å². The van der Waals surface area contributed by atoms with Gasteiger partial charge in [-0.3, -0.25) is 0 Å². The zero-order chi connectivity index (χ0) is 14.1. The molecular formula is C14H14FN5. The molecule has 1 aromatic carbocycles. The van der Waals surface area contributed by atoms with Crippen molar-refractivity contribution in [2.75, 3.05) is 17.7 Å². The van der Waals surface area contributed by atoms with Gasteiger partial charge in [0.1, 0.15) is 11.6 Å². The lowest BCUT2D eigenvalue weighted by Crippen LogP contribution is -2.02. The van der Waals surface area contributed by atoms with Gasteiger partial charge >= 0.3 is 0 Å². The van der Waals surface area contributed by atoms with Gasteiger partial charge in [0.05, 0.1) is 6.20 Å². The summed E-state index contributed by atoms with van der Waals surface area (Å²) < 4.78 is 15.4. The number of rotatable bonds is 3. The molecule has 0 aliphatic carbocycles. The van der Waals surface area contributed by atoms with Crippen LogP contribution in [0.15, 0.2) is 36.8 Å². The summed E-state index contributed by atoms with van der Waals surface area (Å²) in [6.07, 6.45) is 5.36. The number of fused-ring (bicyclic) bond motifs is 1.